The summed E-state index contributed by atoms with van der Waals surface area (Å²) in [6.45, 7) is 6.96. The zero-order chi connectivity index (χ0) is 20.9. The molecule has 1 aromatic carbocycles. The third kappa shape index (κ3) is 5.49. The van der Waals surface area contributed by atoms with Gasteiger partial charge in [0.25, 0.3) is 5.91 Å². The van der Waals surface area contributed by atoms with E-state index in [2.05, 4.69) is 12.2 Å². The van der Waals surface area contributed by atoms with E-state index >= 15 is 0 Å². The van der Waals surface area contributed by atoms with Gasteiger partial charge >= 0.3 is 0 Å². The van der Waals surface area contributed by atoms with Crippen LogP contribution in [0.4, 0.5) is 5.69 Å². The molecule has 1 amide bonds. The second kappa shape index (κ2) is 9.91. The molecule has 1 unspecified atom stereocenters. The van der Waals surface area contributed by atoms with Crippen LogP contribution in [0.25, 0.3) is 0 Å². The molecule has 2 N–H and O–H groups in total. The fourth-order valence-corrected chi connectivity index (χ4v) is 5.76. The molecule has 0 aliphatic carbocycles. The molecule has 2 aliphatic rings. The Morgan fingerprint density at radius 3 is 2.66 bits per heavy atom. The lowest BCUT2D eigenvalue weighted by Crippen LogP contribution is -3.17. The smallest absolute Gasteiger partial charge is 0.279 e. The first-order chi connectivity index (χ1) is 13.9. The van der Waals surface area contributed by atoms with Crippen LogP contribution in [0.1, 0.15) is 52.4 Å². The van der Waals surface area contributed by atoms with E-state index in [0.717, 1.165) is 38.6 Å². The predicted molar refractivity (Wildman–Crippen MR) is 113 cm³/mol. The van der Waals surface area contributed by atoms with Crippen molar-refractivity contribution in [2.45, 2.75) is 63.3 Å². The van der Waals surface area contributed by atoms with Crippen LogP contribution in [0, 0.1) is 0 Å². The van der Waals surface area contributed by atoms with Crippen LogP contribution in [0.3, 0.4) is 0 Å². The molecule has 2 heterocycles. The minimum absolute atomic E-state index is 0.109. The molecule has 29 heavy (non-hydrogen) atoms. The molecular weight excluding hydrogens is 390 g/mol. The van der Waals surface area contributed by atoms with Crippen molar-refractivity contribution < 1.29 is 22.8 Å². The molecule has 2 fully saturated rings. The summed E-state index contributed by atoms with van der Waals surface area (Å²) in [6, 6.07) is 5.23. The van der Waals surface area contributed by atoms with Gasteiger partial charge in [-0.2, -0.15) is 4.31 Å². The number of likely N-dealkylation sites (tertiary alicyclic amines) is 1. The van der Waals surface area contributed by atoms with Crippen molar-refractivity contribution in [2.75, 3.05) is 38.1 Å². The maximum atomic E-state index is 13.0. The first-order valence-electron chi connectivity index (χ1n) is 10.8. The average Bonchev–Trinajstić information content (AvgIpc) is 2.72. The van der Waals surface area contributed by atoms with Crippen LogP contribution in [-0.4, -0.2) is 57.5 Å². The Morgan fingerprint density at radius 1 is 1.21 bits per heavy atom. The quantitative estimate of drug-likeness (QED) is 0.698. The maximum absolute atomic E-state index is 13.0. The van der Waals surface area contributed by atoms with Crippen LogP contribution in [0.15, 0.2) is 23.1 Å². The molecular formula is C21H34N3O4S+. The van der Waals surface area contributed by atoms with Crippen molar-refractivity contribution in [3.05, 3.63) is 18.2 Å². The van der Waals surface area contributed by atoms with Crippen LogP contribution < -0.4 is 15.0 Å². The van der Waals surface area contributed by atoms with Crippen LogP contribution >= 0.6 is 0 Å². The number of carbonyl (C=O) groups excluding carboxylic acids is 1. The highest BCUT2D eigenvalue weighted by molar-refractivity contribution is 7.89. The van der Waals surface area contributed by atoms with E-state index in [9.17, 15) is 13.2 Å². The molecule has 2 atom stereocenters. The summed E-state index contributed by atoms with van der Waals surface area (Å²) in [5, 5.41) is 2.91. The Labute approximate surface area is 174 Å². The molecule has 7 nitrogen and oxygen atoms in total. The fraction of sp³-hybridized carbons (Fsp3) is 0.667. The van der Waals surface area contributed by atoms with Gasteiger partial charge in [-0.1, -0.05) is 6.42 Å². The summed E-state index contributed by atoms with van der Waals surface area (Å²) < 4.78 is 33.2. The van der Waals surface area contributed by atoms with E-state index in [4.69, 9.17) is 4.74 Å². The molecule has 0 spiro atoms. The number of benzene rings is 1. The van der Waals surface area contributed by atoms with E-state index < -0.39 is 10.0 Å². The zero-order valence-electron chi connectivity index (χ0n) is 17.6. The Hall–Kier alpha value is -1.64. The van der Waals surface area contributed by atoms with E-state index in [1.54, 1.807) is 18.2 Å². The molecule has 0 bridgehead atoms. The summed E-state index contributed by atoms with van der Waals surface area (Å²) in [7, 11) is -3.57. The fourth-order valence-electron chi connectivity index (χ4n) is 4.22. The highest BCUT2D eigenvalue weighted by atomic mass is 32.2. The number of carbonyl (C=O) groups is 1. The number of quaternary nitrogens is 1. The number of hydrogen-bond donors (Lipinski definition) is 2. The summed E-state index contributed by atoms with van der Waals surface area (Å²) in [6.07, 6.45) is 6.33. The van der Waals surface area contributed by atoms with Crippen molar-refractivity contribution in [1.82, 2.24) is 4.31 Å². The van der Waals surface area contributed by atoms with Crippen molar-refractivity contribution in [3.8, 4) is 5.75 Å². The summed E-state index contributed by atoms with van der Waals surface area (Å²) in [5.74, 6) is 0.391. The normalized spacial score (nSPS) is 23.5. The van der Waals surface area contributed by atoms with Crippen LogP contribution in [-0.2, 0) is 14.8 Å². The lowest BCUT2D eigenvalue weighted by Gasteiger charge is -2.29. The van der Waals surface area contributed by atoms with Crippen molar-refractivity contribution >= 4 is 21.6 Å². The van der Waals surface area contributed by atoms with Crippen LogP contribution in [0.2, 0.25) is 0 Å². The first-order valence-corrected chi connectivity index (χ1v) is 12.3. The predicted octanol–water partition coefficient (Wildman–Crippen LogP) is 1.66. The van der Waals surface area contributed by atoms with Gasteiger partial charge in [0, 0.05) is 13.1 Å². The monoisotopic (exact) mass is 424 g/mol. The number of rotatable bonds is 7. The molecule has 8 heteroatoms. The lowest BCUT2D eigenvalue weighted by atomic mass is 10.0. The van der Waals surface area contributed by atoms with Gasteiger partial charge in [0.15, 0.2) is 6.54 Å². The zero-order valence-corrected chi connectivity index (χ0v) is 18.4. The largest absolute Gasteiger partial charge is 0.492 e. The average molecular weight is 425 g/mol. The highest BCUT2D eigenvalue weighted by Crippen LogP contribution is 2.30. The minimum Gasteiger partial charge on any atom is -0.492 e. The molecule has 2 aliphatic heterocycles. The lowest BCUT2D eigenvalue weighted by molar-refractivity contribution is -0.920. The number of nitrogens with one attached hydrogen (secondary N) is 2. The molecule has 3 rings (SSSR count). The van der Waals surface area contributed by atoms with Gasteiger partial charge in [0.05, 0.1) is 29.8 Å². The number of sulfonamides is 1. The maximum Gasteiger partial charge on any atom is 0.279 e. The minimum atomic E-state index is -3.57. The standard InChI is InChI=1S/C21H33N3O4S/c1-3-28-20-11-10-18(29(26,27)24-13-6-4-7-14-24)15-19(20)22-21(25)16-23-12-8-5-9-17(23)2/h10-11,15,17H,3-9,12-14,16H2,1-2H3,(H,22,25)/p+1/t17-/m0/s1. The topological polar surface area (TPSA) is 80.2 Å². The van der Waals surface area contributed by atoms with Gasteiger partial charge in [0.1, 0.15) is 5.75 Å². The van der Waals surface area contributed by atoms with E-state index in [0.29, 0.717) is 43.7 Å². The number of hydrogen-bond acceptors (Lipinski definition) is 4. The third-order valence-electron chi connectivity index (χ3n) is 5.95. The Morgan fingerprint density at radius 2 is 1.97 bits per heavy atom. The van der Waals surface area contributed by atoms with Gasteiger partial charge in [-0.25, -0.2) is 8.42 Å². The van der Waals surface area contributed by atoms with Gasteiger partial charge in [-0.3, -0.25) is 4.79 Å². The molecule has 1 aromatic rings. The van der Waals surface area contributed by atoms with Crippen molar-refractivity contribution in [2.24, 2.45) is 0 Å². The number of anilines is 1. The first kappa shape index (κ1) is 22.1. The molecule has 162 valence electrons. The van der Waals surface area contributed by atoms with Crippen molar-refractivity contribution in [1.29, 1.82) is 0 Å². The molecule has 0 aromatic heterocycles. The Bertz CT molecular complexity index is 806. The van der Waals surface area contributed by atoms with E-state index in [1.807, 2.05) is 6.92 Å². The second-order valence-corrected chi connectivity index (χ2v) is 10.0. The van der Waals surface area contributed by atoms with E-state index in [-0.39, 0.29) is 10.8 Å². The Balaban J connectivity index is 1.78. The van der Waals surface area contributed by atoms with Crippen LogP contribution in [0.5, 0.6) is 5.75 Å². The second-order valence-electron chi connectivity index (χ2n) is 8.09. The number of piperidine rings is 2. The van der Waals surface area contributed by atoms with Gasteiger partial charge in [0.2, 0.25) is 10.0 Å². The number of nitrogens with zero attached hydrogens (tertiary/aromatic N) is 1. The molecule has 0 radical (unpaired) electrons. The SMILES string of the molecule is CCOc1ccc(S(=O)(=O)N2CCCCC2)cc1NC(=O)C[NH+]1CCCC[C@@H]1C. The Kier molecular flexibility index (Phi) is 7.54. The van der Waals surface area contributed by atoms with Crippen molar-refractivity contribution in [3.63, 3.8) is 0 Å². The third-order valence-corrected chi connectivity index (χ3v) is 7.84. The van der Waals surface area contributed by atoms with Gasteiger partial charge in [-0.15, -0.1) is 0 Å². The summed E-state index contributed by atoms with van der Waals surface area (Å²) in [5.41, 5.74) is 0.430. The van der Waals surface area contributed by atoms with Gasteiger partial charge in [-0.05, 0) is 64.2 Å². The number of amides is 1. The summed E-state index contributed by atoms with van der Waals surface area (Å²) >= 11 is 0. The molecule has 0 saturated carbocycles. The summed E-state index contributed by atoms with van der Waals surface area (Å²) in [4.78, 5) is 14.2. The highest BCUT2D eigenvalue weighted by Gasteiger charge is 2.28. The van der Waals surface area contributed by atoms with E-state index in [1.165, 1.54) is 15.6 Å². The van der Waals surface area contributed by atoms with Gasteiger partial charge < -0.3 is 15.0 Å². The number of ether oxygens (including phenoxy) is 1. The molecule has 2 saturated heterocycles.